The monoisotopic (exact) mass is 574 g/mol. The van der Waals surface area contributed by atoms with Crippen molar-refractivity contribution in [1.29, 1.82) is 0 Å². The first-order chi connectivity index (χ1) is 14.9. The number of fused-ring (bicyclic) bond motifs is 1. The number of halogens is 8. The van der Waals surface area contributed by atoms with Crippen LogP contribution in [0.4, 0.5) is 30.7 Å². The standard InChI is InChI=1S/C21H14F7IO3/c1-2-31-18(30)16-15(11-7-9-12(22)10-8-11)17(16)29-14-6-4-3-5-13(14)19(32-29,20(23,24)25)21(26,27)28/h3-10,16H,2H2,1H3. The number of alkyl halides is 6. The van der Waals surface area contributed by atoms with Crippen LogP contribution < -0.4 is 0 Å². The maximum absolute atomic E-state index is 13.9. The summed E-state index contributed by atoms with van der Waals surface area (Å²) in [6, 6.07) is 9.13. The van der Waals surface area contributed by atoms with Crippen LogP contribution in [0, 0.1) is 15.3 Å². The van der Waals surface area contributed by atoms with Gasteiger partial charge in [0.05, 0.1) is 0 Å². The predicted molar refractivity (Wildman–Crippen MR) is 107 cm³/mol. The van der Waals surface area contributed by atoms with Gasteiger partial charge in [-0.3, -0.25) is 0 Å². The van der Waals surface area contributed by atoms with Gasteiger partial charge >= 0.3 is 185 Å². The third kappa shape index (κ3) is 3.40. The Morgan fingerprint density at radius 2 is 1.62 bits per heavy atom. The molecule has 11 heteroatoms. The van der Waals surface area contributed by atoms with Gasteiger partial charge in [-0.15, -0.1) is 0 Å². The van der Waals surface area contributed by atoms with Crippen molar-refractivity contribution < 1.29 is 43.3 Å². The molecule has 0 aromatic heterocycles. The van der Waals surface area contributed by atoms with Gasteiger partial charge in [-0.25, -0.2) is 0 Å². The Bertz CT molecular complexity index is 1080. The summed E-state index contributed by atoms with van der Waals surface area (Å²) in [5.41, 5.74) is -4.95. The van der Waals surface area contributed by atoms with Gasteiger partial charge < -0.3 is 0 Å². The van der Waals surface area contributed by atoms with Crippen LogP contribution in [0.2, 0.25) is 0 Å². The molecule has 2 aromatic rings. The normalized spacial score (nSPS) is 20.9. The summed E-state index contributed by atoms with van der Waals surface area (Å²) >= 11 is -3.83. The molecule has 0 spiro atoms. The second-order valence-electron chi connectivity index (χ2n) is 6.94. The van der Waals surface area contributed by atoms with Gasteiger partial charge in [0.15, 0.2) is 0 Å². The van der Waals surface area contributed by atoms with Crippen LogP contribution >= 0.6 is 20.2 Å². The molecule has 1 aliphatic heterocycles. The first-order valence-corrected chi connectivity index (χ1v) is 12.3. The SMILES string of the molecule is CCOC(=O)C1C(c2ccc(F)cc2)=C1I1OC(C(F)(F)F)(C(F)(F)F)c2ccccc21. The third-order valence-corrected chi connectivity index (χ3v) is 10.4. The summed E-state index contributed by atoms with van der Waals surface area (Å²) in [4.78, 5) is 12.5. The van der Waals surface area contributed by atoms with E-state index in [1.165, 1.54) is 31.2 Å². The zero-order valence-corrected chi connectivity index (χ0v) is 18.3. The molecule has 1 atom stereocenters. The van der Waals surface area contributed by atoms with E-state index in [4.69, 9.17) is 7.80 Å². The van der Waals surface area contributed by atoms with Crippen LogP contribution in [-0.4, -0.2) is 24.9 Å². The summed E-state index contributed by atoms with van der Waals surface area (Å²) in [5, 5.41) is 0. The van der Waals surface area contributed by atoms with Crippen molar-refractivity contribution in [1.82, 2.24) is 0 Å². The zero-order chi connectivity index (χ0) is 23.5. The van der Waals surface area contributed by atoms with Crippen LogP contribution in [0.15, 0.2) is 52.1 Å². The van der Waals surface area contributed by atoms with E-state index >= 15 is 0 Å². The van der Waals surface area contributed by atoms with Crippen molar-refractivity contribution in [2.45, 2.75) is 24.9 Å². The Morgan fingerprint density at radius 3 is 2.19 bits per heavy atom. The molecule has 3 nitrogen and oxygen atoms in total. The third-order valence-electron chi connectivity index (χ3n) is 5.01. The van der Waals surface area contributed by atoms with Gasteiger partial charge in [0, 0.05) is 0 Å². The zero-order valence-electron chi connectivity index (χ0n) is 16.2. The molecule has 0 amide bonds. The number of esters is 1. The summed E-state index contributed by atoms with van der Waals surface area (Å²) < 4.78 is 107. The second kappa shape index (κ2) is 7.72. The molecule has 0 saturated heterocycles. The van der Waals surface area contributed by atoms with Crippen LogP contribution in [0.3, 0.4) is 0 Å². The maximum atomic E-state index is 13.9. The Labute approximate surface area is 185 Å². The van der Waals surface area contributed by atoms with Crippen molar-refractivity contribution in [2.24, 2.45) is 5.92 Å². The first kappa shape index (κ1) is 23.0. The van der Waals surface area contributed by atoms with Crippen LogP contribution in [0.5, 0.6) is 0 Å². The molecule has 0 radical (unpaired) electrons. The molecular weight excluding hydrogens is 560 g/mol. The van der Waals surface area contributed by atoms with Crippen molar-refractivity contribution in [3.05, 3.63) is 72.6 Å². The average molecular weight is 574 g/mol. The van der Waals surface area contributed by atoms with Gasteiger partial charge in [0.1, 0.15) is 0 Å². The topological polar surface area (TPSA) is 35.5 Å². The number of rotatable bonds is 4. The number of carbonyl (C=O) groups excluding carboxylic acids is 1. The summed E-state index contributed by atoms with van der Waals surface area (Å²) in [7, 11) is 0. The molecule has 2 aliphatic rings. The average Bonchev–Trinajstić information content (AvgIpc) is 3.32. The molecule has 1 aliphatic carbocycles. The fourth-order valence-corrected chi connectivity index (χ4v) is 9.81. The fraction of sp³-hybridized carbons (Fsp3) is 0.286. The number of hydrogen-bond acceptors (Lipinski definition) is 3. The second-order valence-corrected chi connectivity index (χ2v) is 11.1. The van der Waals surface area contributed by atoms with E-state index in [-0.39, 0.29) is 19.3 Å². The van der Waals surface area contributed by atoms with E-state index in [1.54, 1.807) is 0 Å². The molecule has 172 valence electrons. The summed E-state index contributed by atoms with van der Waals surface area (Å²) in [6.45, 7) is 1.50. The summed E-state index contributed by atoms with van der Waals surface area (Å²) in [6.07, 6.45) is -11.6. The van der Waals surface area contributed by atoms with Gasteiger partial charge in [-0.2, -0.15) is 0 Å². The number of hydrogen-bond donors (Lipinski definition) is 0. The van der Waals surface area contributed by atoms with E-state index in [9.17, 15) is 35.5 Å². The Kier molecular flexibility index (Phi) is 5.55. The fourth-order valence-electron chi connectivity index (χ4n) is 3.57. The van der Waals surface area contributed by atoms with E-state index in [1.807, 2.05) is 0 Å². The molecule has 1 heterocycles. The van der Waals surface area contributed by atoms with Crippen molar-refractivity contribution in [3.8, 4) is 0 Å². The number of carbonyl (C=O) groups is 1. The van der Waals surface area contributed by atoms with Crippen LogP contribution in [0.1, 0.15) is 18.1 Å². The van der Waals surface area contributed by atoms with Gasteiger partial charge in [-0.1, -0.05) is 0 Å². The van der Waals surface area contributed by atoms with Gasteiger partial charge in [0.2, 0.25) is 0 Å². The van der Waals surface area contributed by atoms with E-state index in [0.717, 1.165) is 24.3 Å². The summed E-state index contributed by atoms with van der Waals surface area (Å²) in [5.74, 6) is -2.51. The minimum atomic E-state index is -5.78. The molecular formula is C21H14F7IO3. The van der Waals surface area contributed by atoms with Crippen molar-refractivity contribution in [3.63, 3.8) is 0 Å². The quantitative estimate of drug-likeness (QED) is 0.242. The molecule has 0 N–H and O–H groups in total. The van der Waals surface area contributed by atoms with E-state index in [0.29, 0.717) is 5.56 Å². The van der Waals surface area contributed by atoms with E-state index in [2.05, 4.69) is 0 Å². The molecule has 0 fully saturated rings. The molecule has 0 bridgehead atoms. The van der Waals surface area contributed by atoms with Crippen molar-refractivity contribution in [2.75, 3.05) is 6.61 Å². The van der Waals surface area contributed by atoms with Crippen LogP contribution in [-0.2, 0) is 18.2 Å². The Morgan fingerprint density at radius 1 is 1.03 bits per heavy atom. The molecule has 0 saturated carbocycles. The van der Waals surface area contributed by atoms with Crippen molar-refractivity contribution >= 4 is 31.8 Å². The Hall–Kier alpha value is -2.15. The number of ether oxygens (including phenoxy) is 1. The molecule has 4 rings (SSSR count). The number of benzene rings is 2. The molecule has 32 heavy (non-hydrogen) atoms. The van der Waals surface area contributed by atoms with Gasteiger partial charge in [0.25, 0.3) is 0 Å². The molecule has 1 unspecified atom stereocenters. The first-order valence-electron chi connectivity index (χ1n) is 9.23. The predicted octanol–water partition coefficient (Wildman–Crippen LogP) is 6.37. The molecule has 2 aromatic carbocycles. The van der Waals surface area contributed by atoms with E-state index < -0.39 is 61.5 Å². The Balaban J connectivity index is 1.88. The van der Waals surface area contributed by atoms with Crippen LogP contribution in [0.25, 0.3) is 5.57 Å². The van der Waals surface area contributed by atoms with Gasteiger partial charge in [-0.05, 0) is 0 Å². The minimum absolute atomic E-state index is 0.0278.